The minimum absolute atomic E-state index is 0. The van der Waals surface area contributed by atoms with Gasteiger partial charge in [0.15, 0.2) is 0 Å². The third-order valence-electron chi connectivity index (χ3n) is 3.34. The predicted octanol–water partition coefficient (Wildman–Crippen LogP) is 5.20. The molecule has 0 fully saturated rings. The Kier molecular flexibility index (Phi) is 10.8. The molecule has 0 heterocycles. The molecule has 0 bridgehead atoms. The fraction of sp³-hybridized carbons (Fsp3) is 0.692. The third-order valence-corrected chi connectivity index (χ3v) is 4.94. The number of allylic oxidation sites excluding steroid dienone is 4. The van der Waals surface area contributed by atoms with Crippen LogP contribution in [0.5, 0.6) is 0 Å². The van der Waals surface area contributed by atoms with Gasteiger partial charge in [0.05, 0.1) is 0 Å². The molecule has 1 unspecified atom stereocenters. The molecule has 0 radical (unpaired) electrons. The van der Waals surface area contributed by atoms with Crippen LogP contribution >= 0.6 is 24.8 Å². The maximum atomic E-state index is 2.33. The molecule has 1 atom stereocenters. The van der Waals surface area contributed by atoms with E-state index in [0.717, 1.165) is 5.92 Å². The summed E-state index contributed by atoms with van der Waals surface area (Å²) in [5.74, 6) is 0.808. The van der Waals surface area contributed by atoms with Crippen LogP contribution in [0.1, 0.15) is 53.4 Å². The quantitative estimate of drug-likeness (QED) is 0.659. The summed E-state index contributed by atoms with van der Waals surface area (Å²) in [6, 6.07) is 0. The average molecular weight is 341 g/mol. The Bertz CT molecular complexity index is 280. The summed E-state index contributed by atoms with van der Waals surface area (Å²) in [6.07, 6.45) is 5.03. The molecular formula is C13H23Cl2Zr. The molecule has 0 aliphatic heterocycles. The Morgan fingerprint density at radius 3 is 1.69 bits per heavy atom. The topological polar surface area (TPSA) is 0 Å². The Hall–Kier alpha value is 0.943. The van der Waals surface area contributed by atoms with Crippen LogP contribution in [0.3, 0.4) is 0 Å². The normalized spacial score (nSPS) is 19.6. The van der Waals surface area contributed by atoms with Crippen molar-refractivity contribution in [3.05, 3.63) is 20.0 Å². The molecule has 0 aromatic heterocycles. The zero-order valence-corrected chi connectivity index (χ0v) is 14.8. The van der Waals surface area contributed by atoms with Gasteiger partial charge >= 0.3 is 104 Å². The van der Waals surface area contributed by atoms with Crippen molar-refractivity contribution in [3.8, 4) is 0 Å². The van der Waals surface area contributed by atoms with Crippen molar-refractivity contribution in [1.29, 1.82) is 0 Å². The standard InChI is InChI=1S/C13H21.2ClH.Zr/c1-5-10-9-11(6-2)13(8-4)12(10)7-3;;;/h10H,5-8H2,1-4H3;2*1H;. The first-order valence-corrected chi connectivity index (χ1v) is 7.10. The van der Waals surface area contributed by atoms with Crippen molar-refractivity contribution < 1.29 is 24.7 Å². The number of hydrogen-bond donors (Lipinski definition) is 0. The van der Waals surface area contributed by atoms with Crippen LogP contribution in [-0.4, -0.2) is 0 Å². The summed E-state index contributed by atoms with van der Waals surface area (Å²) >= 11 is 1.64. The summed E-state index contributed by atoms with van der Waals surface area (Å²) in [5.41, 5.74) is 5.15. The fourth-order valence-corrected chi connectivity index (χ4v) is 4.44. The molecule has 1 aliphatic rings. The van der Waals surface area contributed by atoms with Gasteiger partial charge in [-0.3, -0.25) is 0 Å². The number of hydrogen-bond acceptors (Lipinski definition) is 0. The van der Waals surface area contributed by atoms with Gasteiger partial charge in [0.25, 0.3) is 0 Å². The van der Waals surface area contributed by atoms with Crippen molar-refractivity contribution in [2.45, 2.75) is 53.4 Å². The van der Waals surface area contributed by atoms with Gasteiger partial charge in [-0.15, -0.1) is 24.8 Å². The minimum Gasteiger partial charge on any atom is -0.147 e. The molecule has 0 aromatic rings. The van der Waals surface area contributed by atoms with E-state index in [4.69, 9.17) is 0 Å². The van der Waals surface area contributed by atoms with Crippen molar-refractivity contribution in [2.24, 2.45) is 5.92 Å². The Morgan fingerprint density at radius 2 is 1.38 bits per heavy atom. The van der Waals surface area contributed by atoms with Gasteiger partial charge in [-0.25, -0.2) is 0 Å². The molecule has 0 nitrogen and oxygen atoms in total. The molecule has 3 heteroatoms. The maximum Gasteiger partial charge on any atom is -0.147 e. The molecule has 0 N–H and O–H groups in total. The van der Waals surface area contributed by atoms with E-state index in [9.17, 15) is 0 Å². The van der Waals surface area contributed by atoms with E-state index in [1.165, 1.54) is 25.7 Å². The van der Waals surface area contributed by atoms with Crippen molar-refractivity contribution in [2.75, 3.05) is 0 Å². The van der Waals surface area contributed by atoms with Crippen LogP contribution in [0, 0.1) is 5.92 Å². The number of halogens is 2. The minimum atomic E-state index is 0. The van der Waals surface area contributed by atoms with Crippen LogP contribution in [0.15, 0.2) is 20.0 Å². The fourth-order valence-electron chi connectivity index (χ4n) is 2.71. The predicted molar refractivity (Wildman–Crippen MR) is 73.2 cm³/mol. The first-order valence-electron chi connectivity index (χ1n) is 5.87. The Balaban J connectivity index is 0. The molecule has 0 aromatic carbocycles. The first-order chi connectivity index (χ1) is 6.71. The smallest absolute Gasteiger partial charge is 0.147 e. The van der Waals surface area contributed by atoms with Crippen molar-refractivity contribution in [3.63, 3.8) is 0 Å². The van der Waals surface area contributed by atoms with Gasteiger partial charge in [0, 0.05) is 0 Å². The molecule has 0 amide bonds. The van der Waals surface area contributed by atoms with Gasteiger partial charge in [-0.1, -0.05) is 0 Å². The average Bonchev–Trinajstić information content (AvgIpc) is 2.48. The molecular weight excluding hydrogens is 318 g/mol. The van der Waals surface area contributed by atoms with Crippen LogP contribution in [-0.2, 0) is 24.7 Å². The largest absolute Gasteiger partial charge is 0.147 e. The van der Waals surface area contributed by atoms with E-state index in [-0.39, 0.29) is 24.8 Å². The summed E-state index contributed by atoms with van der Waals surface area (Å²) in [6.45, 7) is 9.26. The van der Waals surface area contributed by atoms with Gasteiger partial charge < -0.3 is 0 Å². The van der Waals surface area contributed by atoms with Gasteiger partial charge in [0.1, 0.15) is 0 Å². The summed E-state index contributed by atoms with van der Waals surface area (Å²) in [5, 5.41) is 0. The third kappa shape index (κ3) is 3.47. The SMILES string of the molecule is CCC1=[C]([Zr])C(CC)C(CC)=C1CC.Cl.Cl. The van der Waals surface area contributed by atoms with Crippen molar-refractivity contribution in [1.82, 2.24) is 0 Å². The van der Waals surface area contributed by atoms with Crippen LogP contribution < -0.4 is 0 Å². The molecule has 16 heavy (non-hydrogen) atoms. The van der Waals surface area contributed by atoms with E-state index in [1.54, 1.807) is 44.7 Å². The maximum absolute atomic E-state index is 2.33. The molecule has 1 aliphatic carbocycles. The first kappa shape index (κ1) is 19.3. The molecule has 1 rings (SSSR count). The van der Waals surface area contributed by atoms with Crippen LogP contribution in [0.25, 0.3) is 0 Å². The molecule has 0 saturated heterocycles. The summed E-state index contributed by atoms with van der Waals surface area (Å²) < 4.78 is 1.75. The Morgan fingerprint density at radius 1 is 0.875 bits per heavy atom. The molecule has 0 saturated carbocycles. The van der Waals surface area contributed by atoms with Crippen molar-refractivity contribution >= 4 is 24.8 Å². The zero-order valence-electron chi connectivity index (χ0n) is 10.7. The van der Waals surface area contributed by atoms with E-state index >= 15 is 0 Å². The molecule has 0 spiro atoms. The second-order valence-corrected chi connectivity index (χ2v) is 5.24. The van der Waals surface area contributed by atoms with Crippen LogP contribution in [0.4, 0.5) is 0 Å². The second-order valence-electron chi connectivity index (χ2n) is 3.92. The van der Waals surface area contributed by atoms with E-state index in [2.05, 4.69) is 27.7 Å². The Labute approximate surface area is 128 Å². The number of rotatable bonds is 4. The summed E-state index contributed by atoms with van der Waals surface area (Å²) in [4.78, 5) is 0. The van der Waals surface area contributed by atoms with E-state index in [0.29, 0.717) is 0 Å². The second kappa shape index (κ2) is 8.95. The van der Waals surface area contributed by atoms with Gasteiger partial charge in [-0.2, -0.15) is 0 Å². The van der Waals surface area contributed by atoms with Gasteiger partial charge in [-0.05, 0) is 0 Å². The van der Waals surface area contributed by atoms with E-state index in [1.807, 2.05) is 0 Å². The zero-order chi connectivity index (χ0) is 10.7. The van der Waals surface area contributed by atoms with Gasteiger partial charge in [0.2, 0.25) is 0 Å². The monoisotopic (exact) mass is 339 g/mol. The summed E-state index contributed by atoms with van der Waals surface area (Å²) in [7, 11) is 0. The van der Waals surface area contributed by atoms with E-state index < -0.39 is 0 Å². The molecule has 93 valence electrons. The van der Waals surface area contributed by atoms with Crippen LogP contribution in [0.2, 0.25) is 0 Å².